The Hall–Kier alpha value is -2.05. The van der Waals surface area contributed by atoms with Crippen LogP contribution in [0.5, 0.6) is 0 Å². The van der Waals surface area contributed by atoms with Gasteiger partial charge in [0.05, 0.1) is 16.0 Å². The first-order valence-electron chi connectivity index (χ1n) is 9.63. The molecule has 0 bridgehead atoms. The van der Waals surface area contributed by atoms with Gasteiger partial charge < -0.3 is 9.80 Å². The lowest BCUT2D eigenvalue weighted by atomic mass is 10.1. The van der Waals surface area contributed by atoms with E-state index in [9.17, 15) is 4.79 Å². The average Bonchev–Trinajstić information content (AvgIpc) is 3.13. The van der Waals surface area contributed by atoms with Gasteiger partial charge in [0, 0.05) is 37.6 Å². The summed E-state index contributed by atoms with van der Waals surface area (Å²) in [5.41, 5.74) is 5.02. The first-order valence-corrected chi connectivity index (χ1v) is 11.6. The smallest absolute Gasteiger partial charge is 0.232 e. The summed E-state index contributed by atoms with van der Waals surface area (Å²) in [5.74, 6) is 1.57. The summed E-state index contributed by atoms with van der Waals surface area (Å²) in [6.07, 6.45) is 0. The number of thiazole rings is 1. The summed E-state index contributed by atoms with van der Waals surface area (Å²) in [7, 11) is 0. The fraction of sp³-hybridized carbons (Fsp3) is 0.364. The van der Waals surface area contributed by atoms with E-state index in [0.29, 0.717) is 5.75 Å². The third kappa shape index (κ3) is 4.18. The lowest BCUT2D eigenvalue weighted by Gasteiger charge is -2.37. The second kappa shape index (κ2) is 8.53. The Balaban J connectivity index is 1.26. The molecule has 2 heterocycles. The standard InChI is InChI=1S/C22H25N3OS2/c1-16-6-5-8-19(17(16)2)24-10-12-25(13-11-24)22(26)15-27-14-21-23-18-7-3-4-9-20(18)28-21/h3-9H,10-15H2,1-2H3. The number of nitrogens with zero attached hydrogens (tertiary/aromatic N) is 3. The molecule has 1 amide bonds. The molecule has 2 aromatic carbocycles. The van der Waals surface area contributed by atoms with Gasteiger partial charge in [0.2, 0.25) is 5.91 Å². The number of hydrogen-bond donors (Lipinski definition) is 0. The number of benzene rings is 2. The molecular formula is C22H25N3OS2. The molecule has 1 fully saturated rings. The molecule has 3 aromatic rings. The molecule has 0 spiro atoms. The molecule has 1 saturated heterocycles. The number of para-hydroxylation sites is 1. The Kier molecular flexibility index (Phi) is 5.87. The molecule has 0 saturated carbocycles. The third-order valence-electron chi connectivity index (χ3n) is 5.34. The van der Waals surface area contributed by atoms with Crippen LogP contribution in [0.4, 0.5) is 5.69 Å². The molecular weight excluding hydrogens is 386 g/mol. The molecule has 4 nitrogen and oxygen atoms in total. The van der Waals surface area contributed by atoms with E-state index >= 15 is 0 Å². The molecule has 1 aliphatic rings. The highest BCUT2D eigenvalue weighted by Crippen LogP contribution is 2.26. The largest absolute Gasteiger partial charge is 0.368 e. The third-order valence-corrected chi connectivity index (χ3v) is 7.49. The van der Waals surface area contributed by atoms with Gasteiger partial charge >= 0.3 is 0 Å². The summed E-state index contributed by atoms with van der Waals surface area (Å²) in [6, 6.07) is 14.7. The van der Waals surface area contributed by atoms with E-state index in [1.54, 1.807) is 23.1 Å². The van der Waals surface area contributed by atoms with Crippen LogP contribution in [0.1, 0.15) is 16.1 Å². The Bertz CT molecular complexity index is 944. The minimum absolute atomic E-state index is 0.242. The number of piperazine rings is 1. The normalized spacial score (nSPS) is 14.6. The van der Waals surface area contributed by atoms with Crippen molar-refractivity contribution < 1.29 is 4.79 Å². The fourth-order valence-electron chi connectivity index (χ4n) is 3.57. The average molecular weight is 412 g/mol. The number of hydrogen-bond acceptors (Lipinski definition) is 5. The van der Waals surface area contributed by atoms with Crippen molar-refractivity contribution in [2.75, 3.05) is 36.8 Å². The van der Waals surface area contributed by atoms with Crippen LogP contribution in [0, 0.1) is 13.8 Å². The van der Waals surface area contributed by atoms with E-state index in [2.05, 4.69) is 48.0 Å². The van der Waals surface area contributed by atoms with Crippen molar-refractivity contribution in [3.05, 3.63) is 58.6 Å². The van der Waals surface area contributed by atoms with Gasteiger partial charge in [0.15, 0.2) is 0 Å². The van der Waals surface area contributed by atoms with Gasteiger partial charge in [0.1, 0.15) is 5.01 Å². The summed E-state index contributed by atoms with van der Waals surface area (Å²) < 4.78 is 1.21. The summed E-state index contributed by atoms with van der Waals surface area (Å²) in [6.45, 7) is 7.74. The maximum absolute atomic E-state index is 12.6. The lowest BCUT2D eigenvalue weighted by Crippen LogP contribution is -2.49. The van der Waals surface area contributed by atoms with Crippen molar-refractivity contribution in [2.24, 2.45) is 0 Å². The van der Waals surface area contributed by atoms with Gasteiger partial charge in [-0.15, -0.1) is 23.1 Å². The van der Waals surface area contributed by atoms with Gasteiger partial charge in [-0.3, -0.25) is 4.79 Å². The van der Waals surface area contributed by atoms with E-state index in [1.165, 1.54) is 21.5 Å². The predicted molar refractivity (Wildman–Crippen MR) is 120 cm³/mol. The van der Waals surface area contributed by atoms with Crippen LogP contribution in [0.25, 0.3) is 10.2 Å². The highest BCUT2D eigenvalue weighted by atomic mass is 32.2. The Morgan fingerprint density at radius 3 is 2.64 bits per heavy atom. The highest BCUT2D eigenvalue weighted by Gasteiger charge is 2.22. The number of carbonyl (C=O) groups excluding carboxylic acids is 1. The van der Waals surface area contributed by atoms with Crippen molar-refractivity contribution in [3.63, 3.8) is 0 Å². The van der Waals surface area contributed by atoms with Gasteiger partial charge in [-0.25, -0.2) is 4.98 Å². The van der Waals surface area contributed by atoms with E-state index in [1.807, 2.05) is 23.1 Å². The zero-order valence-electron chi connectivity index (χ0n) is 16.4. The minimum atomic E-state index is 0.242. The summed E-state index contributed by atoms with van der Waals surface area (Å²) in [4.78, 5) is 21.7. The zero-order chi connectivity index (χ0) is 19.5. The number of carbonyl (C=O) groups is 1. The van der Waals surface area contributed by atoms with Gasteiger partial charge in [-0.05, 0) is 43.2 Å². The Labute approximate surface area is 174 Å². The van der Waals surface area contributed by atoms with Crippen LogP contribution < -0.4 is 4.90 Å². The maximum atomic E-state index is 12.6. The van der Waals surface area contributed by atoms with E-state index in [-0.39, 0.29) is 5.91 Å². The summed E-state index contributed by atoms with van der Waals surface area (Å²) >= 11 is 3.39. The van der Waals surface area contributed by atoms with Crippen molar-refractivity contribution >= 4 is 44.9 Å². The monoisotopic (exact) mass is 411 g/mol. The molecule has 6 heteroatoms. The number of thioether (sulfide) groups is 1. The molecule has 0 aliphatic carbocycles. The van der Waals surface area contributed by atoms with Gasteiger partial charge in [0.25, 0.3) is 0 Å². The number of aryl methyl sites for hydroxylation is 1. The molecule has 1 aliphatic heterocycles. The Morgan fingerprint density at radius 1 is 1.07 bits per heavy atom. The van der Waals surface area contributed by atoms with Crippen LogP contribution in [0.3, 0.4) is 0 Å². The zero-order valence-corrected chi connectivity index (χ0v) is 18.0. The molecule has 1 aromatic heterocycles. The number of fused-ring (bicyclic) bond motifs is 1. The molecule has 0 atom stereocenters. The SMILES string of the molecule is Cc1cccc(N2CCN(C(=O)CSCc3nc4ccccc4s3)CC2)c1C. The number of rotatable bonds is 5. The summed E-state index contributed by atoms with van der Waals surface area (Å²) in [5, 5.41) is 1.10. The van der Waals surface area contributed by atoms with Gasteiger partial charge in [-0.1, -0.05) is 24.3 Å². The van der Waals surface area contributed by atoms with Crippen LogP contribution in [-0.4, -0.2) is 47.7 Å². The number of anilines is 1. The maximum Gasteiger partial charge on any atom is 0.232 e. The predicted octanol–water partition coefficient (Wildman–Crippen LogP) is 4.50. The van der Waals surface area contributed by atoms with Crippen LogP contribution in [-0.2, 0) is 10.5 Å². The molecule has 28 heavy (non-hydrogen) atoms. The second-order valence-corrected chi connectivity index (χ2v) is 9.26. The highest BCUT2D eigenvalue weighted by molar-refractivity contribution is 7.99. The van der Waals surface area contributed by atoms with Crippen LogP contribution in [0.2, 0.25) is 0 Å². The Morgan fingerprint density at radius 2 is 1.86 bits per heavy atom. The molecule has 4 rings (SSSR count). The van der Waals surface area contributed by atoms with Crippen molar-refractivity contribution in [1.82, 2.24) is 9.88 Å². The lowest BCUT2D eigenvalue weighted by molar-refractivity contribution is -0.128. The van der Waals surface area contributed by atoms with Gasteiger partial charge in [-0.2, -0.15) is 0 Å². The topological polar surface area (TPSA) is 36.4 Å². The van der Waals surface area contributed by atoms with Crippen molar-refractivity contribution in [3.8, 4) is 0 Å². The van der Waals surface area contributed by atoms with Crippen molar-refractivity contribution in [2.45, 2.75) is 19.6 Å². The van der Waals surface area contributed by atoms with Crippen molar-refractivity contribution in [1.29, 1.82) is 0 Å². The van der Waals surface area contributed by atoms with Crippen LogP contribution in [0.15, 0.2) is 42.5 Å². The minimum Gasteiger partial charge on any atom is -0.368 e. The number of amides is 1. The quantitative estimate of drug-likeness (QED) is 0.620. The first kappa shape index (κ1) is 19.3. The number of aromatic nitrogens is 1. The fourth-order valence-corrected chi connectivity index (χ4v) is 5.52. The van der Waals surface area contributed by atoms with E-state index in [0.717, 1.165) is 42.5 Å². The van der Waals surface area contributed by atoms with E-state index in [4.69, 9.17) is 0 Å². The molecule has 0 N–H and O–H groups in total. The molecule has 0 radical (unpaired) electrons. The first-order chi connectivity index (χ1) is 13.6. The van der Waals surface area contributed by atoms with Crippen LogP contribution >= 0.6 is 23.1 Å². The molecule has 0 unspecified atom stereocenters. The second-order valence-electron chi connectivity index (χ2n) is 7.15. The molecule has 146 valence electrons. The van der Waals surface area contributed by atoms with E-state index < -0.39 is 0 Å².